The minimum Gasteiger partial charge on any atom is -0.192 e. The third-order valence-electron chi connectivity index (χ3n) is 5.34. The highest BCUT2D eigenvalue weighted by Gasteiger charge is 2.53. The molecular weight excluding hydrogens is 218 g/mol. The van der Waals surface area contributed by atoms with Gasteiger partial charge >= 0.3 is 0 Å². The zero-order valence-electron chi connectivity index (χ0n) is 11.2. The van der Waals surface area contributed by atoms with E-state index in [4.69, 9.17) is 5.26 Å². The SMILES string of the molecule is CCC1CC12CCC(c1ccc(C#N)cc1)CC2. The first-order valence-electron chi connectivity index (χ1n) is 7.27. The number of nitriles is 1. The number of hydrogen-bond acceptors (Lipinski definition) is 1. The number of hydrogen-bond donors (Lipinski definition) is 0. The van der Waals surface area contributed by atoms with Crippen molar-refractivity contribution in [1.29, 1.82) is 5.26 Å². The Morgan fingerprint density at radius 3 is 2.39 bits per heavy atom. The summed E-state index contributed by atoms with van der Waals surface area (Å²) in [5, 5.41) is 8.82. The predicted molar refractivity (Wildman–Crippen MR) is 73.2 cm³/mol. The van der Waals surface area contributed by atoms with Crippen LogP contribution < -0.4 is 0 Å². The maximum absolute atomic E-state index is 8.82. The molecular formula is C17H21N. The Hall–Kier alpha value is -1.29. The molecule has 0 aromatic heterocycles. The van der Waals surface area contributed by atoms with Gasteiger partial charge in [0, 0.05) is 0 Å². The molecule has 0 saturated heterocycles. The Morgan fingerprint density at radius 1 is 1.22 bits per heavy atom. The fraction of sp³-hybridized carbons (Fsp3) is 0.588. The normalized spacial score (nSPS) is 34.2. The molecule has 1 nitrogen and oxygen atoms in total. The van der Waals surface area contributed by atoms with Gasteiger partial charge in [-0.05, 0) is 67.1 Å². The van der Waals surface area contributed by atoms with E-state index in [9.17, 15) is 0 Å². The van der Waals surface area contributed by atoms with Crippen LogP contribution in [0, 0.1) is 22.7 Å². The number of nitrogens with zero attached hydrogens (tertiary/aromatic N) is 1. The van der Waals surface area contributed by atoms with Gasteiger partial charge in [0.15, 0.2) is 0 Å². The molecule has 3 rings (SSSR count). The quantitative estimate of drug-likeness (QED) is 0.738. The molecule has 1 aromatic carbocycles. The van der Waals surface area contributed by atoms with Gasteiger partial charge in [-0.2, -0.15) is 5.26 Å². The van der Waals surface area contributed by atoms with E-state index < -0.39 is 0 Å². The second-order valence-electron chi connectivity index (χ2n) is 6.18. The molecule has 2 aliphatic carbocycles. The Kier molecular flexibility index (Phi) is 2.90. The zero-order valence-corrected chi connectivity index (χ0v) is 11.2. The van der Waals surface area contributed by atoms with Crippen molar-refractivity contribution in [3.05, 3.63) is 35.4 Å². The van der Waals surface area contributed by atoms with Crippen LogP contribution in [0.4, 0.5) is 0 Å². The number of benzene rings is 1. The van der Waals surface area contributed by atoms with Crippen molar-refractivity contribution >= 4 is 0 Å². The standard InChI is InChI=1S/C17H21N/c1-2-16-11-17(16)9-7-15(8-10-17)14-5-3-13(12-18)4-6-14/h3-6,15-16H,2,7-11H2,1H3. The van der Waals surface area contributed by atoms with Crippen LogP contribution in [-0.2, 0) is 0 Å². The van der Waals surface area contributed by atoms with Crippen LogP contribution >= 0.6 is 0 Å². The zero-order chi connectivity index (χ0) is 12.6. The van der Waals surface area contributed by atoms with Crippen LogP contribution in [0.15, 0.2) is 24.3 Å². The summed E-state index contributed by atoms with van der Waals surface area (Å²) in [5.74, 6) is 1.76. The largest absolute Gasteiger partial charge is 0.192 e. The molecule has 1 aromatic rings. The fourth-order valence-electron chi connectivity index (χ4n) is 3.98. The molecule has 1 heteroatoms. The van der Waals surface area contributed by atoms with Crippen LogP contribution in [0.1, 0.15) is 62.5 Å². The highest BCUT2D eigenvalue weighted by atomic mass is 14.6. The first kappa shape index (κ1) is 11.8. The van der Waals surface area contributed by atoms with Crippen molar-refractivity contribution in [3.63, 3.8) is 0 Å². The van der Waals surface area contributed by atoms with Crippen molar-refractivity contribution in [2.24, 2.45) is 11.3 Å². The van der Waals surface area contributed by atoms with Crippen LogP contribution in [0.2, 0.25) is 0 Å². The third-order valence-corrected chi connectivity index (χ3v) is 5.34. The molecule has 2 saturated carbocycles. The lowest BCUT2D eigenvalue weighted by Crippen LogP contribution is -2.15. The molecule has 18 heavy (non-hydrogen) atoms. The summed E-state index contributed by atoms with van der Waals surface area (Å²) in [7, 11) is 0. The van der Waals surface area contributed by atoms with Crippen molar-refractivity contribution in [2.45, 2.75) is 51.4 Å². The van der Waals surface area contributed by atoms with E-state index in [1.165, 1.54) is 44.1 Å². The van der Waals surface area contributed by atoms with E-state index in [1.807, 2.05) is 12.1 Å². The molecule has 0 aliphatic heterocycles. The van der Waals surface area contributed by atoms with Crippen LogP contribution in [-0.4, -0.2) is 0 Å². The first-order chi connectivity index (χ1) is 8.77. The van der Waals surface area contributed by atoms with E-state index in [-0.39, 0.29) is 0 Å². The lowest BCUT2D eigenvalue weighted by molar-refractivity contribution is 0.279. The molecule has 0 N–H and O–H groups in total. The highest BCUT2D eigenvalue weighted by Crippen LogP contribution is 2.64. The van der Waals surface area contributed by atoms with Gasteiger partial charge in [-0.1, -0.05) is 25.5 Å². The van der Waals surface area contributed by atoms with Gasteiger partial charge in [0.1, 0.15) is 0 Å². The summed E-state index contributed by atoms with van der Waals surface area (Å²) in [5.41, 5.74) is 2.97. The van der Waals surface area contributed by atoms with E-state index in [0.717, 1.165) is 22.8 Å². The maximum atomic E-state index is 8.82. The fourth-order valence-corrected chi connectivity index (χ4v) is 3.98. The van der Waals surface area contributed by atoms with Gasteiger partial charge in [-0.3, -0.25) is 0 Å². The smallest absolute Gasteiger partial charge is 0.0991 e. The average Bonchev–Trinajstić information content (AvgIpc) is 3.13. The molecule has 1 spiro atoms. The van der Waals surface area contributed by atoms with Crippen LogP contribution in [0.3, 0.4) is 0 Å². The summed E-state index contributed by atoms with van der Waals surface area (Å²) >= 11 is 0. The molecule has 0 radical (unpaired) electrons. The molecule has 1 atom stereocenters. The van der Waals surface area contributed by atoms with E-state index in [2.05, 4.69) is 25.1 Å². The summed E-state index contributed by atoms with van der Waals surface area (Å²) in [6, 6.07) is 10.4. The lowest BCUT2D eigenvalue weighted by Gasteiger charge is -2.30. The van der Waals surface area contributed by atoms with E-state index in [1.54, 1.807) is 0 Å². The average molecular weight is 239 g/mol. The maximum Gasteiger partial charge on any atom is 0.0991 e. The molecule has 1 unspecified atom stereocenters. The number of rotatable bonds is 2. The van der Waals surface area contributed by atoms with Gasteiger partial charge < -0.3 is 0 Å². The third kappa shape index (κ3) is 1.94. The van der Waals surface area contributed by atoms with E-state index >= 15 is 0 Å². The lowest BCUT2D eigenvalue weighted by atomic mass is 9.75. The van der Waals surface area contributed by atoms with Crippen molar-refractivity contribution in [1.82, 2.24) is 0 Å². The molecule has 0 amide bonds. The predicted octanol–water partition coefficient (Wildman–Crippen LogP) is 4.63. The van der Waals surface area contributed by atoms with Gasteiger partial charge in [-0.25, -0.2) is 0 Å². The molecule has 2 aliphatic rings. The van der Waals surface area contributed by atoms with Crippen molar-refractivity contribution in [3.8, 4) is 6.07 Å². The highest BCUT2D eigenvalue weighted by molar-refractivity contribution is 5.33. The Balaban J connectivity index is 1.64. The Morgan fingerprint density at radius 2 is 1.89 bits per heavy atom. The topological polar surface area (TPSA) is 23.8 Å². The second-order valence-corrected chi connectivity index (χ2v) is 6.18. The minimum atomic E-state index is 0.737. The molecule has 0 bridgehead atoms. The molecule has 2 fully saturated rings. The summed E-state index contributed by atoms with van der Waals surface area (Å²) in [4.78, 5) is 0. The van der Waals surface area contributed by atoms with Gasteiger partial charge in [0.2, 0.25) is 0 Å². The van der Waals surface area contributed by atoms with Crippen molar-refractivity contribution < 1.29 is 0 Å². The second kappa shape index (κ2) is 4.43. The Bertz CT molecular complexity index is 457. The van der Waals surface area contributed by atoms with E-state index in [0.29, 0.717) is 0 Å². The molecule has 94 valence electrons. The Labute approximate surface area is 110 Å². The summed E-state index contributed by atoms with van der Waals surface area (Å²) in [6.07, 6.45) is 8.42. The van der Waals surface area contributed by atoms with Crippen LogP contribution in [0.25, 0.3) is 0 Å². The minimum absolute atomic E-state index is 0.737. The summed E-state index contributed by atoms with van der Waals surface area (Å²) < 4.78 is 0. The van der Waals surface area contributed by atoms with Crippen LogP contribution in [0.5, 0.6) is 0 Å². The monoisotopic (exact) mass is 239 g/mol. The van der Waals surface area contributed by atoms with Crippen molar-refractivity contribution in [2.75, 3.05) is 0 Å². The first-order valence-corrected chi connectivity index (χ1v) is 7.27. The molecule has 0 heterocycles. The van der Waals surface area contributed by atoms with Gasteiger partial charge in [0.25, 0.3) is 0 Å². The summed E-state index contributed by atoms with van der Waals surface area (Å²) in [6.45, 7) is 2.34. The van der Waals surface area contributed by atoms with Gasteiger partial charge in [-0.15, -0.1) is 0 Å². The van der Waals surface area contributed by atoms with Gasteiger partial charge in [0.05, 0.1) is 11.6 Å².